The highest BCUT2D eigenvalue weighted by atomic mass is 32.2. The van der Waals surface area contributed by atoms with E-state index in [1.165, 1.54) is 0 Å². The van der Waals surface area contributed by atoms with Crippen LogP contribution in [-0.4, -0.2) is 85.4 Å². The molecule has 1 heterocycles. The first-order valence-electron chi connectivity index (χ1n) is 8.48. The Balaban J connectivity index is 1.89. The smallest absolute Gasteiger partial charge is 0.0701 e. The van der Waals surface area contributed by atoms with Crippen molar-refractivity contribution < 1.29 is 18.9 Å². The Morgan fingerprint density at radius 2 is 1.12 bits per heavy atom. The minimum absolute atomic E-state index is 0.285. The Labute approximate surface area is 166 Å². The van der Waals surface area contributed by atoms with Gasteiger partial charge in [-0.05, 0) is 0 Å². The number of hydrogen-bond acceptors (Lipinski definition) is 8. The Morgan fingerprint density at radius 1 is 0.750 bits per heavy atom. The van der Waals surface area contributed by atoms with E-state index in [2.05, 4.69) is 25.3 Å². The molecule has 4 unspecified atom stereocenters. The average Bonchev–Trinajstić information content (AvgIpc) is 2.54. The maximum atomic E-state index is 5.70. The Morgan fingerprint density at radius 3 is 1.46 bits per heavy atom. The molecule has 144 valence electrons. The van der Waals surface area contributed by atoms with E-state index in [0.717, 1.165) is 24.7 Å². The van der Waals surface area contributed by atoms with E-state index >= 15 is 0 Å². The van der Waals surface area contributed by atoms with Crippen LogP contribution in [0.15, 0.2) is 0 Å². The summed E-state index contributed by atoms with van der Waals surface area (Å²) >= 11 is 12.5. The average molecular weight is 417 g/mol. The summed E-state index contributed by atoms with van der Waals surface area (Å²) in [5.41, 5.74) is 0. The van der Waals surface area contributed by atoms with Crippen LogP contribution in [0.2, 0.25) is 0 Å². The summed E-state index contributed by atoms with van der Waals surface area (Å²) in [5.74, 6) is 2.25. The molecule has 4 atom stereocenters. The number of thiol groups is 2. The Hall–Kier alpha value is 1.24. The molecule has 8 heteroatoms. The van der Waals surface area contributed by atoms with E-state index < -0.39 is 0 Å². The van der Waals surface area contributed by atoms with Crippen LogP contribution in [0.1, 0.15) is 13.8 Å². The van der Waals surface area contributed by atoms with Gasteiger partial charge in [0.05, 0.1) is 52.9 Å². The van der Waals surface area contributed by atoms with Crippen molar-refractivity contribution in [1.82, 2.24) is 0 Å². The Kier molecular flexibility index (Phi) is 14.9. The number of rotatable bonds is 14. The van der Waals surface area contributed by atoms with Gasteiger partial charge in [-0.2, -0.15) is 48.8 Å². The van der Waals surface area contributed by atoms with E-state index in [1.54, 1.807) is 0 Å². The van der Waals surface area contributed by atoms with Crippen LogP contribution in [0.3, 0.4) is 0 Å². The second kappa shape index (κ2) is 15.3. The van der Waals surface area contributed by atoms with E-state index in [0.29, 0.717) is 50.1 Å². The van der Waals surface area contributed by atoms with E-state index in [1.807, 2.05) is 37.4 Å². The van der Waals surface area contributed by atoms with Gasteiger partial charge in [0.25, 0.3) is 0 Å². The molecule has 0 amide bonds. The normalized spacial score (nSPS) is 24.0. The number of hydrogen-bond donors (Lipinski definition) is 2. The van der Waals surface area contributed by atoms with Gasteiger partial charge in [0.15, 0.2) is 0 Å². The molecule has 0 N–H and O–H groups in total. The van der Waals surface area contributed by atoms with Crippen molar-refractivity contribution in [3.63, 3.8) is 0 Å². The molecule has 0 aliphatic carbocycles. The fraction of sp³-hybridized carbons (Fsp3) is 1.00. The summed E-state index contributed by atoms with van der Waals surface area (Å²) in [7, 11) is 0. The van der Waals surface area contributed by atoms with E-state index in [9.17, 15) is 0 Å². The highest BCUT2D eigenvalue weighted by molar-refractivity contribution is 8.07. The van der Waals surface area contributed by atoms with Gasteiger partial charge < -0.3 is 18.9 Å². The van der Waals surface area contributed by atoms with Crippen molar-refractivity contribution >= 4 is 48.8 Å². The fourth-order valence-electron chi connectivity index (χ4n) is 1.95. The standard InChI is InChI=1S/C16H32O4S4/c1-13(21)7-17-3-5-19-9-15-11-24-16(12-23-15)10-20-6-4-18-8-14(2)22/h13-16,21-22H,3-12H2,1-2H3. The van der Waals surface area contributed by atoms with Crippen LogP contribution in [0.25, 0.3) is 0 Å². The molecule has 0 bridgehead atoms. The molecule has 0 aromatic carbocycles. The quantitative estimate of drug-likeness (QED) is 0.335. The molecule has 0 aromatic heterocycles. The molecule has 24 heavy (non-hydrogen) atoms. The van der Waals surface area contributed by atoms with Crippen LogP contribution in [0.5, 0.6) is 0 Å². The fourth-order valence-corrected chi connectivity index (χ4v) is 4.95. The molecule has 0 aromatic rings. The van der Waals surface area contributed by atoms with Gasteiger partial charge in [-0.1, -0.05) is 13.8 Å². The first kappa shape index (κ1) is 23.3. The lowest BCUT2D eigenvalue weighted by Crippen LogP contribution is -2.29. The third-order valence-electron chi connectivity index (χ3n) is 3.11. The summed E-state index contributed by atoms with van der Waals surface area (Å²) < 4.78 is 22.3. The van der Waals surface area contributed by atoms with Crippen LogP contribution in [-0.2, 0) is 18.9 Å². The van der Waals surface area contributed by atoms with Gasteiger partial charge in [-0.15, -0.1) is 0 Å². The zero-order valence-corrected chi connectivity index (χ0v) is 18.1. The van der Waals surface area contributed by atoms with Crippen molar-refractivity contribution in [3.8, 4) is 0 Å². The van der Waals surface area contributed by atoms with Crippen molar-refractivity contribution in [2.45, 2.75) is 34.8 Å². The SMILES string of the molecule is CC(S)COCCOCC1CSC(COCCOCC(C)S)CS1. The lowest BCUT2D eigenvalue weighted by atomic mass is 10.5. The van der Waals surface area contributed by atoms with Gasteiger partial charge in [0.1, 0.15) is 0 Å². The van der Waals surface area contributed by atoms with Gasteiger partial charge in [0.2, 0.25) is 0 Å². The van der Waals surface area contributed by atoms with E-state index in [-0.39, 0.29) is 10.5 Å². The number of thioether (sulfide) groups is 2. The van der Waals surface area contributed by atoms with Crippen molar-refractivity contribution in [2.75, 3.05) is 64.4 Å². The van der Waals surface area contributed by atoms with Crippen LogP contribution >= 0.6 is 48.8 Å². The predicted molar refractivity (Wildman–Crippen MR) is 113 cm³/mol. The summed E-state index contributed by atoms with van der Waals surface area (Å²) in [4.78, 5) is 0. The summed E-state index contributed by atoms with van der Waals surface area (Å²) in [6, 6.07) is 0. The second-order valence-electron chi connectivity index (χ2n) is 5.91. The predicted octanol–water partition coefficient (Wildman–Crippen LogP) is 2.91. The van der Waals surface area contributed by atoms with Gasteiger partial charge in [-0.3, -0.25) is 0 Å². The van der Waals surface area contributed by atoms with Crippen LogP contribution in [0.4, 0.5) is 0 Å². The number of ether oxygens (including phenoxy) is 4. The highest BCUT2D eigenvalue weighted by Gasteiger charge is 2.22. The second-order valence-corrected chi connectivity index (χ2v) is 10.3. The minimum Gasteiger partial charge on any atom is -0.378 e. The van der Waals surface area contributed by atoms with Crippen molar-refractivity contribution in [3.05, 3.63) is 0 Å². The van der Waals surface area contributed by atoms with Crippen LogP contribution in [0, 0.1) is 0 Å². The third kappa shape index (κ3) is 13.4. The molecular formula is C16H32O4S4. The van der Waals surface area contributed by atoms with Gasteiger partial charge >= 0.3 is 0 Å². The zero-order chi connectivity index (χ0) is 17.6. The van der Waals surface area contributed by atoms with Gasteiger partial charge in [0, 0.05) is 32.5 Å². The molecule has 0 spiro atoms. The first-order chi connectivity index (χ1) is 11.6. The molecule has 1 aliphatic heterocycles. The maximum Gasteiger partial charge on any atom is 0.0701 e. The topological polar surface area (TPSA) is 36.9 Å². The maximum absolute atomic E-state index is 5.70. The van der Waals surface area contributed by atoms with Crippen molar-refractivity contribution in [2.24, 2.45) is 0 Å². The lowest BCUT2D eigenvalue weighted by molar-refractivity contribution is 0.0497. The summed E-state index contributed by atoms with van der Waals surface area (Å²) in [6.07, 6.45) is 0. The molecule has 1 rings (SSSR count). The zero-order valence-electron chi connectivity index (χ0n) is 14.7. The van der Waals surface area contributed by atoms with E-state index in [4.69, 9.17) is 18.9 Å². The molecule has 0 saturated carbocycles. The molecule has 1 saturated heterocycles. The summed E-state index contributed by atoms with van der Waals surface area (Å²) in [5, 5.41) is 1.73. The molecule has 4 nitrogen and oxygen atoms in total. The third-order valence-corrected chi connectivity index (χ3v) is 6.56. The monoisotopic (exact) mass is 416 g/mol. The summed E-state index contributed by atoms with van der Waals surface area (Å²) in [6.45, 7) is 9.66. The molecular weight excluding hydrogens is 384 g/mol. The molecule has 1 fully saturated rings. The highest BCUT2D eigenvalue weighted by Crippen LogP contribution is 2.30. The molecule has 0 radical (unpaired) electrons. The van der Waals surface area contributed by atoms with Gasteiger partial charge in [-0.25, -0.2) is 0 Å². The van der Waals surface area contributed by atoms with Crippen molar-refractivity contribution in [1.29, 1.82) is 0 Å². The largest absolute Gasteiger partial charge is 0.378 e. The molecule has 1 aliphatic rings. The van der Waals surface area contributed by atoms with Crippen LogP contribution < -0.4 is 0 Å². The minimum atomic E-state index is 0.285. The Bertz CT molecular complexity index is 259. The first-order valence-corrected chi connectivity index (χ1v) is 11.6. The lowest BCUT2D eigenvalue weighted by Gasteiger charge is -2.27.